The van der Waals surface area contributed by atoms with E-state index in [0.717, 1.165) is 17.7 Å². The largest absolute Gasteiger partial charge is 0.481 e. The first kappa shape index (κ1) is 16.1. The van der Waals surface area contributed by atoms with Crippen molar-refractivity contribution in [3.8, 4) is 5.75 Å². The zero-order chi connectivity index (χ0) is 15.8. The zero-order valence-corrected chi connectivity index (χ0v) is 13.2. The molecule has 0 fully saturated rings. The molecule has 0 aliphatic carbocycles. The molecule has 2 unspecified atom stereocenters. The smallest absolute Gasteiger partial charge is 0.261 e. The van der Waals surface area contributed by atoms with Crippen LogP contribution in [0.4, 0.5) is 0 Å². The molecular formula is C19H23NO2. The van der Waals surface area contributed by atoms with Crippen LogP contribution in [-0.4, -0.2) is 12.0 Å². The fourth-order valence-electron chi connectivity index (χ4n) is 2.36. The van der Waals surface area contributed by atoms with Gasteiger partial charge >= 0.3 is 0 Å². The Morgan fingerprint density at radius 1 is 0.955 bits per heavy atom. The molecule has 0 aliphatic heterocycles. The summed E-state index contributed by atoms with van der Waals surface area (Å²) in [7, 11) is 0. The Bertz CT molecular complexity index is 569. The molecule has 2 atom stereocenters. The molecule has 3 heteroatoms. The van der Waals surface area contributed by atoms with Gasteiger partial charge in [0, 0.05) is 0 Å². The Balaban J connectivity index is 2.02. The Labute approximate surface area is 132 Å². The second-order valence-corrected chi connectivity index (χ2v) is 5.21. The fourth-order valence-corrected chi connectivity index (χ4v) is 2.36. The van der Waals surface area contributed by atoms with E-state index >= 15 is 0 Å². The number of amides is 1. The summed E-state index contributed by atoms with van der Waals surface area (Å²) in [6.45, 7) is 4.02. The zero-order valence-electron chi connectivity index (χ0n) is 13.2. The van der Waals surface area contributed by atoms with Gasteiger partial charge in [-0.3, -0.25) is 4.79 Å². The molecule has 2 rings (SSSR count). The van der Waals surface area contributed by atoms with Crippen LogP contribution in [-0.2, 0) is 4.79 Å². The van der Waals surface area contributed by atoms with Crippen LogP contribution in [0.25, 0.3) is 0 Å². The molecule has 0 aromatic heterocycles. The lowest BCUT2D eigenvalue weighted by atomic mass is 10.0. The van der Waals surface area contributed by atoms with Gasteiger partial charge in [0.2, 0.25) is 0 Å². The van der Waals surface area contributed by atoms with Gasteiger partial charge in [-0.1, -0.05) is 62.4 Å². The summed E-state index contributed by atoms with van der Waals surface area (Å²) < 4.78 is 5.79. The molecule has 0 saturated carbocycles. The van der Waals surface area contributed by atoms with E-state index in [4.69, 9.17) is 4.74 Å². The third-order valence-corrected chi connectivity index (χ3v) is 3.61. The molecule has 0 radical (unpaired) electrons. The van der Waals surface area contributed by atoms with E-state index in [1.165, 1.54) is 0 Å². The summed E-state index contributed by atoms with van der Waals surface area (Å²) >= 11 is 0. The van der Waals surface area contributed by atoms with Crippen molar-refractivity contribution in [3.05, 3.63) is 66.2 Å². The van der Waals surface area contributed by atoms with Gasteiger partial charge in [0.05, 0.1) is 6.04 Å². The van der Waals surface area contributed by atoms with Gasteiger partial charge < -0.3 is 10.1 Å². The summed E-state index contributed by atoms with van der Waals surface area (Å²) in [4.78, 5) is 12.5. The average Bonchev–Trinajstić information content (AvgIpc) is 2.59. The quantitative estimate of drug-likeness (QED) is 0.835. The molecule has 22 heavy (non-hydrogen) atoms. The van der Waals surface area contributed by atoms with E-state index in [2.05, 4.69) is 12.2 Å². The molecule has 0 bridgehead atoms. The van der Waals surface area contributed by atoms with Crippen molar-refractivity contribution in [1.82, 2.24) is 5.32 Å². The standard InChI is InChI=1S/C19H23NO2/c1-3-17(15-11-7-5-8-12-15)20-19(21)18(4-2)22-16-13-9-6-10-14-16/h5-14,17-18H,3-4H2,1-2H3,(H,20,21). The molecule has 1 amide bonds. The van der Waals surface area contributed by atoms with Crippen LogP contribution >= 0.6 is 0 Å². The number of carbonyl (C=O) groups is 1. The lowest BCUT2D eigenvalue weighted by Crippen LogP contribution is -2.39. The minimum atomic E-state index is -0.472. The van der Waals surface area contributed by atoms with Crippen molar-refractivity contribution in [2.75, 3.05) is 0 Å². The third kappa shape index (κ3) is 4.35. The number of benzene rings is 2. The average molecular weight is 297 g/mol. The van der Waals surface area contributed by atoms with Gasteiger partial charge in [0.15, 0.2) is 6.10 Å². The first-order valence-corrected chi connectivity index (χ1v) is 7.81. The molecule has 1 N–H and O–H groups in total. The van der Waals surface area contributed by atoms with Gasteiger partial charge in [-0.2, -0.15) is 0 Å². The SMILES string of the molecule is CCC(Oc1ccccc1)C(=O)NC(CC)c1ccccc1. The molecule has 2 aromatic carbocycles. The number of nitrogens with one attached hydrogen (secondary N) is 1. The van der Waals surface area contributed by atoms with Crippen LogP contribution in [0.5, 0.6) is 5.75 Å². The monoisotopic (exact) mass is 297 g/mol. The molecule has 2 aromatic rings. The summed E-state index contributed by atoms with van der Waals surface area (Å²) in [5.41, 5.74) is 1.12. The molecule has 3 nitrogen and oxygen atoms in total. The van der Waals surface area contributed by atoms with Crippen LogP contribution in [0, 0.1) is 0 Å². The Morgan fingerprint density at radius 3 is 2.09 bits per heavy atom. The lowest BCUT2D eigenvalue weighted by molar-refractivity contribution is -0.128. The number of carbonyl (C=O) groups excluding carboxylic acids is 1. The maximum absolute atomic E-state index is 12.5. The summed E-state index contributed by atoms with van der Waals surface area (Å²) in [6.07, 6.45) is 1.00. The molecular weight excluding hydrogens is 274 g/mol. The summed E-state index contributed by atoms with van der Waals surface area (Å²) in [6, 6.07) is 19.5. The number of hydrogen-bond donors (Lipinski definition) is 1. The topological polar surface area (TPSA) is 38.3 Å². The Hall–Kier alpha value is -2.29. The highest BCUT2D eigenvalue weighted by molar-refractivity contribution is 5.81. The Morgan fingerprint density at radius 2 is 1.55 bits per heavy atom. The third-order valence-electron chi connectivity index (χ3n) is 3.61. The van der Waals surface area contributed by atoms with Gasteiger partial charge in [0.25, 0.3) is 5.91 Å². The van der Waals surface area contributed by atoms with Gasteiger partial charge in [-0.15, -0.1) is 0 Å². The van der Waals surface area contributed by atoms with Crippen LogP contribution < -0.4 is 10.1 Å². The van der Waals surface area contributed by atoms with Crippen LogP contribution in [0.15, 0.2) is 60.7 Å². The predicted molar refractivity (Wildman–Crippen MR) is 88.8 cm³/mol. The van der Waals surface area contributed by atoms with Crippen molar-refractivity contribution in [2.24, 2.45) is 0 Å². The molecule has 116 valence electrons. The van der Waals surface area contributed by atoms with E-state index in [1.807, 2.05) is 67.6 Å². The van der Waals surface area contributed by atoms with E-state index in [9.17, 15) is 4.79 Å². The second-order valence-electron chi connectivity index (χ2n) is 5.21. The lowest BCUT2D eigenvalue weighted by Gasteiger charge is -2.22. The number of para-hydroxylation sites is 1. The second kappa shape index (κ2) is 8.23. The molecule has 0 spiro atoms. The number of rotatable bonds is 7. The maximum Gasteiger partial charge on any atom is 0.261 e. The van der Waals surface area contributed by atoms with Crippen LogP contribution in [0.3, 0.4) is 0 Å². The predicted octanol–water partition coefficient (Wildman–Crippen LogP) is 4.11. The van der Waals surface area contributed by atoms with Crippen LogP contribution in [0.1, 0.15) is 38.3 Å². The minimum Gasteiger partial charge on any atom is -0.481 e. The van der Waals surface area contributed by atoms with E-state index in [0.29, 0.717) is 6.42 Å². The maximum atomic E-state index is 12.5. The van der Waals surface area contributed by atoms with E-state index < -0.39 is 6.10 Å². The highest BCUT2D eigenvalue weighted by Gasteiger charge is 2.21. The van der Waals surface area contributed by atoms with Gasteiger partial charge in [-0.05, 0) is 30.5 Å². The number of ether oxygens (including phenoxy) is 1. The van der Waals surface area contributed by atoms with Gasteiger partial charge in [0.1, 0.15) is 5.75 Å². The van der Waals surface area contributed by atoms with Gasteiger partial charge in [-0.25, -0.2) is 0 Å². The first-order valence-electron chi connectivity index (χ1n) is 7.81. The van der Waals surface area contributed by atoms with Crippen molar-refractivity contribution in [3.63, 3.8) is 0 Å². The number of hydrogen-bond acceptors (Lipinski definition) is 2. The highest BCUT2D eigenvalue weighted by atomic mass is 16.5. The molecule has 0 saturated heterocycles. The molecule has 0 aliphatic rings. The summed E-state index contributed by atoms with van der Waals surface area (Å²) in [5, 5.41) is 3.09. The van der Waals surface area contributed by atoms with Crippen LogP contribution in [0.2, 0.25) is 0 Å². The Kier molecular flexibility index (Phi) is 6.01. The molecule has 0 heterocycles. The van der Waals surface area contributed by atoms with Crippen molar-refractivity contribution in [1.29, 1.82) is 0 Å². The van der Waals surface area contributed by atoms with E-state index in [1.54, 1.807) is 0 Å². The van der Waals surface area contributed by atoms with E-state index in [-0.39, 0.29) is 11.9 Å². The highest BCUT2D eigenvalue weighted by Crippen LogP contribution is 2.18. The minimum absolute atomic E-state index is 0.0159. The van der Waals surface area contributed by atoms with Crippen molar-refractivity contribution >= 4 is 5.91 Å². The summed E-state index contributed by atoms with van der Waals surface area (Å²) in [5.74, 6) is 0.652. The fraction of sp³-hybridized carbons (Fsp3) is 0.316. The van der Waals surface area contributed by atoms with Crippen molar-refractivity contribution < 1.29 is 9.53 Å². The first-order chi connectivity index (χ1) is 10.7. The normalized spacial score (nSPS) is 13.2. The van der Waals surface area contributed by atoms with Crippen molar-refractivity contribution in [2.45, 2.75) is 38.8 Å².